The minimum atomic E-state index is -2.83. The first-order valence-electron chi connectivity index (χ1n) is 36.6. The third-order valence-corrected chi connectivity index (χ3v) is 21.3. The fourth-order valence-corrected chi connectivity index (χ4v) is 15.1. The van der Waals surface area contributed by atoms with Crippen LogP contribution in [0.3, 0.4) is 0 Å². The van der Waals surface area contributed by atoms with E-state index in [0.29, 0.717) is 79.3 Å². The molecule has 0 aromatic carbocycles. The summed E-state index contributed by atoms with van der Waals surface area (Å²) >= 11 is 0. The van der Waals surface area contributed by atoms with Crippen molar-refractivity contribution in [2.75, 3.05) is 0 Å². The summed E-state index contributed by atoms with van der Waals surface area (Å²) in [6.45, 7) is 13.9. The predicted octanol–water partition coefficient (Wildman–Crippen LogP) is 14.9. The van der Waals surface area contributed by atoms with Gasteiger partial charge in [0.05, 0.1) is 62.6 Å². The van der Waals surface area contributed by atoms with Crippen LogP contribution in [0.25, 0.3) is 0 Å². The number of alkyl halides is 6. The molecule has 0 aliphatic heterocycles. The van der Waals surface area contributed by atoms with Gasteiger partial charge >= 0.3 is 0 Å². The van der Waals surface area contributed by atoms with Crippen molar-refractivity contribution in [3.63, 3.8) is 0 Å². The second-order valence-corrected chi connectivity index (χ2v) is 29.0. The summed E-state index contributed by atoms with van der Waals surface area (Å²) in [4.78, 5) is 0. The van der Waals surface area contributed by atoms with Gasteiger partial charge in [-0.25, -0.2) is 9.36 Å². The van der Waals surface area contributed by atoms with Gasteiger partial charge in [0, 0.05) is 78.9 Å². The number of halogens is 6. The second kappa shape index (κ2) is 35.1. The van der Waals surface area contributed by atoms with Gasteiger partial charge in [-0.3, -0.25) is 23.4 Å². The molecule has 21 nitrogen and oxygen atoms in total. The Kier molecular flexibility index (Phi) is 27.6. The molecule has 0 amide bonds. The van der Waals surface area contributed by atoms with Crippen LogP contribution >= 0.6 is 0 Å². The van der Waals surface area contributed by atoms with E-state index in [2.05, 4.69) is 99.9 Å². The van der Waals surface area contributed by atoms with E-state index in [-0.39, 0.29) is 17.1 Å². The molecule has 7 unspecified atom stereocenters. The lowest BCUT2D eigenvalue weighted by Gasteiger charge is -2.26. The zero-order valence-electron chi connectivity index (χ0n) is 60.8. The SMILES string of the molecule is CC1CCCCCc2c1nnn2C.CC1CCCCCc2c1nnn2C.CC1CCCCCc2nnn(C)c21.CC1CCCCCc2nnn(C)c21.CC1CCCCc2c(nnn2C)C1(F)F.CC1CCCCc2nnn(C)c2C1(F)F.CC1CCCCc2nnn(C)c2C1(F)F. The third-order valence-electron chi connectivity index (χ3n) is 21.3. The summed E-state index contributed by atoms with van der Waals surface area (Å²) in [5, 5.41) is 55.7. The fourth-order valence-electron chi connectivity index (χ4n) is 15.1. The van der Waals surface area contributed by atoms with Gasteiger partial charge in [0.15, 0.2) is 5.69 Å². The molecular weight excluding hydrogens is 1250 g/mol. The van der Waals surface area contributed by atoms with Crippen LogP contribution < -0.4 is 0 Å². The summed E-state index contributed by atoms with van der Waals surface area (Å²) in [5.41, 5.74) is 11.8. The first-order chi connectivity index (χ1) is 46.2. The zero-order chi connectivity index (χ0) is 70.2. The summed E-state index contributed by atoms with van der Waals surface area (Å²) in [7, 11) is 12.8. The maximum atomic E-state index is 14.0. The van der Waals surface area contributed by atoms with Gasteiger partial charge in [-0.05, 0) is 147 Å². The standard InChI is InChI=1S/3C10H15F2N3.4C10H17N3/c1-7-5-3-4-6-8-9(10(7,11)12)13-14-15(8)2;2*1-7-5-3-4-6-8-9(10(7,11)12)15(2)14-13-8;2*1-8-6-4-3-5-7-9-10(8)11-12-13(9)2;2*1-8-6-4-3-5-7-9-10(8)13(2)12-11-9/h3*7H,3-6H2,1-2H3;4*8H,3-7H2,1-2H3. The highest BCUT2D eigenvalue weighted by molar-refractivity contribution is 5.22. The van der Waals surface area contributed by atoms with Crippen molar-refractivity contribution in [1.29, 1.82) is 0 Å². The van der Waals surface area contributed by atoms with Gasteiger partial charge in [0.25, 0.3) is 17.8 Å². The van der Waals surface area contributed by atoms with Crippen LogP contribution in [0.2, 0.25) is 0 Å². The number of hydrogen-bond donors (Lipinski definition) is 0. The molecule has 7 atom stereocenters. The van der Waals surface area contributed by atoms with E-state index in [0.717, 1.165) is 64.2 Å². The Bertz CT molecular complexity index is 3320. The minimum absolute atomic E-state index is 0.00898. The normalized spacial score (nSPS) is 24.4. The van der Waals surface area contributed by atoms with E-state index in [1.807, 2.05) is 46.9 Å². The smallest absolute Gasteiger partial charge is 0.252 e. The Morgan fingerprint density at radius 1 is 0.268 bits per heavy atom. The summed E-state index contributed by atoms with van der Waals surface area (Å²) < 4.78 is 95.7. The Morgan fingerprint density at radius 2 is 0.546 bits per heavy atom. The molecule has 0 fully saturated rings. The first-order valence-corrected chi connectivity index (χ1v) is 36.6. The fraction of sp³-hybridized carbons (Fsp3) is 0.800. The average molecular weight is 1360 g/mol. The molecule has 7 aliphatic rings. The minimum Gasteiger partial charge on any atom is -0.252 e. The number of aryl methyl sites for hydroxylation is 11. The van der Waals surface area contributed by atoms with Crippen LogP contribution in [-0.2, 0) is 112 Å². The number of rotatable bonds is 0. The molecule has 97 heavy (non-hydrogen) atoms. The van der Waals surface area contributed by atoms with Crippen molar-refractivity contribution in [2.45, 2.75) is 295 Å². The molecule has 0 saturated carbocycles. The van der Waals surface area contributed by atoms with Crippen molar-refractivity contribution < 1.29 is 26.3 Å². The van der Waals surface area contributed by atoms with Crippen molar-refractivity contribution in [3.05, 3.63) is 79.7 Å². The molecule has 0 spiro atoms. The van der Waals surface area contributed by atoms with Crippen molar-refractivity contribution in [2.24, 2.45) is 67.1 Å². The third kappa shape index (κ3) is 19.1. The maximum absolute atomic E-state index is 14.0. The van der Waals surface area contributed by atoms with Crippen molar-refractivity contribution in [3.8, 4) is 0 Å². The zero-order valence-corrected chi connectivity index (χ0v) is 60.8. The summed E-state index contributed by atoms with van der Waals surface area (Å²) in [6, 6.07) is 0. The molecule has 7 aromatic heterocycles. The van der Waals surface area contributed by atoms with E-state index in [1.165, 1.54) is 176 Å². The number of aromatic nitrogens is 21. The van der Waals surface area contributed by atoms with Crippen LogP contribution in [-0.4, -0.2) is 105 Å². The molecule has 0 bridgehead atoms. The van der Waals surface area contributed by atoms with Gasteiger partial charge in [0.2, 0.25) is 0 Å². The molecule has 27 heteroatoms. The molecule has 7 heterocycles. The lowest BCUT2D eigenvalue weighted by Crippen LogP contribution is -2.29. The summed E-state index contributed by atoms with van der Waals surface area (Å²) in [5.74, 6) is -7.86. The molecule has 0 N–H and O–H groups in total. The topological polar surface area (TPSA) is 215 Å². The molecule has 0 radical (unpaired) electrons. The van der Waals surface area contributed by atoms with E-state index in [4.69, 9.17) is 0 Å². The number of hydrogen-bond acceptors (Lipinski definition) is 14. The lowest BCUT2D eigenvalue weighted by molar-refractivity contribution is -0.0713. The first kappa shape index (κ1) is 76.3. The van der Waals surface area contributed by atoms with Gasteiger partial charge in [-0.2, -0.15) is 26.3 Å². The van der Waals surface area contributed by atoms with E-state index in [1.54, 1.807) is 27.8 Å². The van der Waals surface area contributed by atoms with Gasteiger partial charge in [-0.1, -0.05) is 156 Å². The van der Waals surface area contributed by atoms with Crippen LogP contribution in [0.5, 0.6) is 0 Å². The second-order valence-electron chi connectivity index (χ2n) is 29.0. The molecule has 7 aromatic rings. The lowest BCUT2D eigenvalue weighted by atomic mass is 9.89. The Morgan fingerprint density at radius 3 is 0.959 bits per heavy atom. The quantitative estimate of drug-likeness (QED) is 0.129. The van der Waals surface area contributed by atoms with Crippen LogP contribution in [0.4, 0.5) is 26.3 Å². The average Bonchev–Trinajstić information content (AvgIpc) is 1.75. The Balaban J connectivity index is 0.000000145. The highest BCUT2D eigenvalue weighted by atomic mass is 19.3. The number of fused-ring (bicyclic) bond motifs is 7. The monoisotopic (exact) mass is 1360 g/mol. The van der Waals surface area contributed by atoms with Crippen LogP contribution in [0.1, 0.15) is 312 Å². The predicted molar refractivity (Wildman–Crippen MR) is 361 cm³/mol. The van der Waals surface area contributed by atoms with E-state index < -0.39 is 35.5 Å². The summed E-state index contributed by atoms with van der Waals surface area (Å²) in [6.07, 6.45) is 34.5. The van der Waals surface area contributed by atoms with Crippen molar-refractivity contribution in [1.82, 2.24) is 105 Å². The molecule has 540 valence electrons. The van der Waals surface area contributed by atoms with Crippen LogP contribution in [0.15, 0.2) is 0 Å². The van der Waals surface area contributed by atoms with Gasteiger partial charge in [-0.15, -0.1) is 35.7 Å². The maximum Gasteiger partial charge on any atom is 0.295 e. The molecular formula is C70H113F6N21. The molecule has 14 rings (SSSR count). The number of nitrogens with zero attached hydrogens (tertiary/aromatic N) is 21. The Labute approximate surface area is 571 Å². The van der Waals surface area contributed by atoms with E-state index >= 15 is 0 Å². The van der Waals surface area contributed by atoms with Gasteiger partial charge < -0.3 is 0 Å². The highest BCUT2D eigenvalue weighted by Crippen LogP contribution is 2.44. The largest absolute Gasteiger partial charge is 0.295 e. The molecule has 0 saturated heterocycles. The Hall–Kier alpha value is -6.44. The van der Waals surface area contributed by atoms with Crippen LogP contribution in [0, 0.1) is 17.8 Å². The molecule has 7 aliphatic carbocycles. The van der Waals surface area contributed by atoms with Crippen molar-refractivity contribution >= 4 is 0 Å². The van der Waals surface area contributed by atoms with Gasteiger partial charge in [0.1, 0.15) is 11.4 Å². The van der Waals surface area contributed by atoms with E-state index in [9.17, 15) is 26.3 Å². The highest BCUT2D eigenvalue weighted by Gasteiger charge is 2.46.